The molecular formula is C16H20O4. The Kier molecular flexibility index (Phi) is 2.12. The molecule has 0 bridgehead atoms. The smallest absolute Gasteiger partial charge is 0.336 e. The zero-order valence-electron chi connectivity index (χ0n) is 12.1. The molecule has 0 amide bonds. The third-order valence-corrected chi connectivity index (χ3v) is 6.35. The summed E-state index contributed by atoms with van der Waals surface area (Å²) in [4.78, 5) is 12.0. The maximum absolute atomic E-state index is 12.0. The van der Waals surface area contributed by atoms with Crippen LogP contribution in [0.2, 0.25) is 0 Å². The van der Waals surface area contributed by atoms with Gasteiger partial charge in [0.2, 0.25) is 0 Å². The summed E-state index contributed by atoms with van der Waals surface area (Å²) >= 11 is 0. The third kappa shape index (κ3) is 1.07. The van der Waals surface area contributed by atoms with E-state index in [0.717, 1.165) is 12.0 Å². The zero-order chi connectivity index (χ0) is 14.4. The molecule has 0 aromatic rings. The van der Waals surface area contributed by atoms with Crippen molar-refractivity contribution in [2.24, 2.45) is 23.2 Å². The first-order chi connectivity index (χ1) is 9.37. The first kappa shape index (κ1) is 12.6. The minimum Gasteiger partial charge on any atom is -0.423 e. The van der Waals surface area contributed by atoms with Crippen molar-refractivity contribution in [1.29, 1.82) is 0 Å². The summed E-state index contributed by atoms with van der Waals surface area (Å²) in [6.45, 7) is 8.11. The minimum atomic E-state index is -1.27. The van der Waals surface area contributed by atoms with Gasteiger partial charge in [0.05, 0.1) is 0 Å². The number of carbonyl (C=O) groups excluding carboxylic acids is 1. The number of rotatable bonds is 1. The van der Waals surface area contributed by atoms with Crippen LogP contribution in [0.3, 0.4) is 0 Å². The van der Waals surface area contributed by atoms with Crippen molar-refractivity contribution in [2.75, 3.05) is 7.11 Å². The molecule has 4 heteroatoms. The van der Waals surface area contributed by atoms with Gasteiger partial charge in [-0.3, -0.25) is 0 Å². The molecule has 1 aliphatic heterocycles. The van der Waals surface area contributed by atoms with Crippen LogP contribution in [0.1, 0.15) is 26.7 Å². The highest BCUT2D eigenvalue weighted by molar-refractivity contribution is 5.92. The lowest BCUT2D eigenvalue weighted by Crippen LogP contribution is -2.60. The summed E-state index contributed by atoms with van der Waals surface area (Å²) < 4.78 is 11.0. The van der Waals surface area contributed by atoms with E-state index in [2.05, 4.69) is 13.5 Å². The molecule has 4 rings (SSSR count). The molecule has 108 valence electrons. The Bertz CT molecular complexity index is 577. The Labute approximate surface area is 118 Å². The largest absolute Gasteiger partial charge is 0.423 e. The highest BCUT2D eigenvalue weighted by atomic mass is 16.7. The number of hydrogen-bond donors (Lipinski definition) is 1. The Morgan fingerprint density at radius 1 is 1.50 bits per heavy atom. The van der Waals surface area contributed by atoms with Crippen LogP contribution in [0.15, 0.2) is 23.3 Å². The fourth-order valence-electron chi connectivity index (χ4n) is 5.02. The number of methoxy groups -OCH3 is 1. The van der Waals surface area contributed by atoms with Gasteiger partial charge in [0, 0.05) is 23.7 Å². The molecule has 20 heavy (non-hydrogen) atoms. The predicted octanol–water partition coefficient (Wildman–Crippen LogP) is 1.80. The van der Waals surface area contributed by atoms with E-state index in [-0.39, 0.29) is 17.3 Å². The quantitative estimate of drug-likeness (QED) is 0.586. The summed E-state index contributed by atoms with van der Waals surface area (Å²) in [6, 6.07) is 0. The zero-order valence-corrected chi connectivity index (χ0v) is 12.1. The van der Waals surface area contributed by atoms with Crippen LogP contribution in [0.25, 0.3) is 0 Å². The maximum atomic E-state index is 12.0. The lowest BCUT2D eigenvalue weighted by molar-refractivity contribution is -0.268. The van der Waals surface area contributed by atoms with E-state index in [9.17, 15) is 9.90 Å². The van der Waals surface area contributed by atoms with Crippen molar-refractivity contribution in [2.45, 2.75) is 38.6 Å². The summed E-state index contributed by atoms with van der Waals surface area (Å²) in [5.41, 5.74) is 2.33. The van der Waals surface area contributed by atoms with Gasteiger partial charge in [0.25, 0.3) is 5.79 Å². The van der Waals surface area contributed by atoms with Gasteiger partial charge < -0.3 is 14.6 Å². The third-order valence-electron chi connectivity index (χ3n) is 6.35. The summed E-state index contributed by atoms with van der Waals surface area (Å²) in [7, 11) is 1.51. The molecule has 3 aliphatic carbocycles. The van der Waals surface area contributed by atoms with E-state index in [0.29, 0.717) is 23.8 Å². The van der Waals surface area contributed by atoms with Crippen LogP contribution < -0.4 is 0 Å². The van der Waals surface area contributed by atoms with E-state index < -0.39 is 11.9 Å². The fourth-order valence-corrected chi connectivity index (χ4v) is 5.02. The fraction of sp³-hybridized carbons (Fsp3) is 0.688. The molecule has 4 nitrogen and oxygen atoms in total. The van der Waals surface area contributed by atoms with Crippen LogP contribution >= 0.6 is 0 Å². The second kappa shape index (κ2) is 3.37. The molecule has 3 fully saturated rings. The number of esters is 1. The molecule has 0 aromatic carbocycles. The van der Waals surface area contributed by atoms with Crippen molar-refractivity contribution >= 4 is 5.97 Å². The van der Waals surface area contributed by atoms with Crippen molar-refractivity contribution in [1.82, 2.24) is 0 Å². The number of fused-ring (bicyclic) bond motifs is 4. The molecule has 0 unspecified atom stereocenters. The first-order valence-corrected chi connectivity index (χ1v) is 7.23. The van der Waals surface area contributed by atoms with Gasteiger partial charge in [-0.05, 0) is 37.5 Å². The predicted molar refractivity (Wildman–Crippen MR) is 71.5 cm³/mol. The van der Waals surface area contributed by atoms with Gasteiger partial charge in [-0.15, -0.1) is 0 Å². The second-order valence-corrected chi connectivity index (χ2v) is 6.91. The number of allylic oxidation sites excluding steroid dienone is 1. The molecule has 1 heterocycles. The minimum absolute atomic E-state index is 0.226. The van der Waals surface area contributed by atoms with Gasteiger partial charge in [0.15, 0.2) is 0 Å². The monoisotopic (exact) mass is 276 g/mol. The maximum Gasteiger partial charge on any atom is 0.336 e. The Morgan fingerprint density at radius 3 is 2.85 bits per heavy atom. The Morgan fingerprint density at radius 2 is 2.20 bits per heavy atom. The van der Waals surface area contributed by atoms with Gasteiger partial charge in [-0.1, -0.05) is 19.1 Å². The number of aliphatic hydroxyl groups excluding tert-OH is 1. The van der Waals surface area contributed by atoms with Gasteiger partial charge in [-0.25, -0.2) is 4.79 Å². The lowest BCUT2D eigenvalue weighted by Gasteiger charge is -2.51. The van der Waals surface area contributed by atoms with Crippen LogP contribution in [0.5, 0.6) is 0 Å². The number of carbonyl (C=O) groups is 1. The Hall–Kier alpha value is -1.13. The second-order valence-electron chi connectivity index (χ2n) is 6.91. The van der Waals surface area contributed by atoms with E-state index in [1.807, 2.05) is 0 Å². The standard InChI is InChI=1S/C16H20O4/c1-7-9-5-12(9)15(3)10(7)6-11-8(2)13(17)20-16(11,19-4)14(15)18/h9-10,12,14,18H,1,5-6H2,2-4H3/t9-,10+,12-,14+,15-,16-/m0/s1. The highest BCUT2D eigenvalue weighted by Gasteiger charge is 2.74. The van der Waals surface area contributed by atoms with E-state index in [1.54, 1.807) is 6.92 Å². The van der Waals surface area contributed by atoms with Crippen molar-refractivity contribution in [3.63, 3.8) is 0 Å². The average Bonchev–Trinajstić information content (AvgIpc) is 3.14. The van der Waals surface area contributed by atoms with Crippen LogP contribution in [-0.2, 0) is 14.3 Å². The molecule has 0 aromatic heterocycles. The number of ether oxygens (including phenoxy) is 2. The summed E-state index contributed by atoms with van der Waals surface area (Å²) in [5, 5.41) is 11.0. The molecule has 4 aliphatic rings. The molecule has 0 saturated heterocycles. The van der Waals surface area contributed by atoms with Crippen LogP contribution in [0, 0.1) is 23.2 Å². The molecule has 0 spiro atoms. The topological polar surface area (TPSA) is 55.8 Å². The van der Waals surface area contributed by atoms with Gasteiger partial charge in [-0.2, -0.15) is 0 Å². The molecule has 0 radical (unpaired) electrons. The van der Waals surface area contributed by atoms with Crippen molar-refractivity contribution in [3.8, 4) is 0 Å². The number of hydrogen-bond acceptors (Lipinski definition) is 4. The first-order valence-electron chi connectivity index (χ1n) is 7.23. The average molecular weight is 276 g/mol. The van der Waals surface area contributed by atoms with Crippen molar-refractivity contribution in [3.05, 3.63) is 23.3 Å². The molecule has 1 N–H and O–H groups in total. The normalized spacial score (nSPS) is 52.6. The molecule has 3 saturated carbocycles. The summed E-state index contributed by atoms with van der Waals surface area (Å²) in [5.74, 6) is -0.442. The SMILES string of the molecule is C=C1[C@H]2CC3=C(C)C(=O)O[C@]3(OC)[C@H](O)[C@]2(C)[C@H]2C[C@@H]12. The summed E-state index contributed by atoms with van der Waals surface area (Å²) in [6.07, 6.45) is 0.976. The van der Waals surface area contributed by atoms with Crippen LogP contribution in [0.4, 0.5) is 0 Å². The number of aliphatic hydroxyl groups is 1. The van der Waals surface area contributed by atoms with Crippen molar-refractivity contribution < 1.29 is 19.4 Å². The van der Waals surface area contributed by atoms with E-state index >= 15 is 0 Å². The molecular weight excluding hydrogens is 256 g/mol. The molecule has 6 atom stereocenters. The van der Waals surface area contributed by atoms with Gasteiger partial charge in [0.1, 0.15) is 6.10 Å². The van der Waals surface area contributed by atoms with E-state index in [4.69, 9.17) is 9.47 Å². The lowest BCUT2D eigenvalue weighted by atomic mass is 9.60. The van der Waals surface area contributed by atoms with Crippen LogP contribution in [-0.4, -0.2) is 30.1 Å². The van der Waals surface area contributed by atoms with E-state index in [1.165, 1.54) is 12.7 Å². The van der Waals surface area contributed by atoms with Gasteiger partial charge >= 0.3 is 5.97 Å². The Balaban J connectivity index is 1.89. The highest BCUT2D eigenvalue weighted by Crippen LogP contribution is 2.73.